The molecular formula is C39H51Cl2N9O5S. The van der Waals surface area contributed by atoms with E-state index in [1.165, 1.54) is 10.5 Å². The summed E-state index contributed by atoms with van der Waals surface area (Å²) < 4.78 is 1.20. The number of aromatic nitrogens is 1. The SMILES string of the molecule is C[C@@H]1CN(CCCC2CCC(N3C(=O)N(Sc4cnc(C#N)c(Cl)c4)C(=O)C3(C)C)CC2)C[C@H](C)N1CC(=O)Nc1cccc(NC2CCC(=O)NC2=O)c1.Cl. The first-order chi connectivity index (χ1) is 26.2. The van der Waals surface area contributed by atoms with E-state index < -0.39 is 11.6 Å². The molecule has 56 heavy (non-hydrogen) atoms. The summed E-state index contributed by atoms with van der Waals surface area (Å²) in [6, 6.07) is 10.3. The van der Waals surface area contributed by atoms with Crippen molar-refractivity contribution in [2.45, 2.75) is 114 Å². The maximum absolute atomic E-state index is 13.6. The van der Waals surface area contributed by atoms with Crippen molar-refractivity contribution >= 4 is 77.0 Å². The first-order valence-electron chi connectivity index (χ1n) is 19.1. The largest absolute Gasteiger partial charge is 0.374 e. The first kappa shape index (κ1) is 43.2. The fourth-order valence-electron chi connectivity index (χ4n) is 8.47. The predicted molar refractivity (Wildman–Crippen MR) is 217 cm³/mol. The van der Waals surface area contributed by atoms with Crippen LogP contribution < -0.4 is 16.0 Å². The Morgan fingerprint density at radius 3 is 2.41 bits per heavy atom. The highest BCUT2D eigenvalue weighted by atomic mass is 35.5. The number of piperidine rings is 1. The smallest absolute Gasteiger partial charge is 0.338 e. The van der Waals surface area contributed by atoms with Gasteiger partial charge < -0.3 is 20.4 Å². The van der Waals surface area contributed by atoms with E-state index in [4.69, 9.17) is 16.9 Å². The lowest BCUT2D eigenvalue weighted by atomic mass is 9.81. The second-order valence-corrected chi connectivity index (χ2v) is 17.2. The normalized spacial score (nSPS) is 25.7. The van der Waals surface area contributed by atoms with Crippen LogP contribution in [0.1, 0.15) is 84.8 Å². The number of nitriles is 1. The van der Waals surface area contributed by atoms with Gasteiger partial charge in [-0.05, 0) is 109 Å². The summed E-state index contributed by atoms with van der Waals surface area (Å²) in [5.74, 6) is -0.401. The molecule has 1 aromatic carbocycles. The van der Waals surface area contributed by atoms with E-state index >= 15 is 0 Å². The summed E-state index contributed by atoms with van der Waals surface area (Å²) >= 11 is 7.14. The molecule has 4 fully saturated rings. The molecule has 0 bridgehead atoms. The van der Waals surface area contributed by atoms with Gasteiger partial charge in [0.15, 0.2) is 5.69 Å². The monoisotopic (exact) mass is 827 g/mol. The number of piperazine rings is 1. The molecule has 1 saturated carbocycles. The van der Waals surface area contributed by atoms with Crippen LogP contribution in [0.15, 0.2) is 41.4 Å². The van der Waals surface area contributed by atoms with Gasteiger partial charge in [0, 0.05) is 72.1 Å². The zero-order chi connectivity index (χ0) is 39.4. The molecule has 6 rings (SSSR count). The van der Waals surface area contributed by atoms with Gasteiger partial charge in [0.2, 0.25) is 17.7 Å². The molecule has 1 aliphatic carbocycles. The Morgan fingerprint density at radius 2 is 1.75 bits per heavy atom. The van der Waals surface area contributed by atoms with Gasteiger partial charge in [0.25, 0.3) is 5.91 Å². The number of hydrogen-bond acceptors (Lipinski definition) is 11. The number of anilines is 2. The number of nitrogens with zero attached hydrogens (tertiary/aromatic N) is 6. The molecule has 14 nitrogen and oxygen atoms in total. The van der Waals surface area contributed by atoms with Crippen molar-refractivity contribution in [3.8, 4) is 6.07 Å². The number of amides is 6. The molecule has 3 atom stereocenters. The Balaban J connectivity index is 0.00000600. The van der Waals surface area contributed by atoms with Crippen molar-refractivity contribution in [3.63, 3.8) is 0 Å². The molecular weight excluding hydrogens is 777 g/mol. The average molecular weight is 829 g/mol. The quantitative estimate of drug-likeness (QED) is 0.137. The Morgan fingerprint density at radius 1 is 1.05 bits per heavy atom. The van der Waals surface area contributed by atoms with Crippen LogP contribution in [0.5, 0.6) is 0 Å². The molecule has 3 aliphatic heterocycles. The second kappa shape index (κ2) is 18.5. The highest BCUT2D eigenvalue weighted by Crippen LogP contribution is 2.41. The van der Waals surface area contributed by atoms with Crippen molar-refractivity contribution < 1.29 is 24.0 Å². The number of hydrogen-bond donors (Lipinski definition) is 3. The van der Waals surface area contributed by atoms with Gasteiger partial charge in [-0.15, -0.1) is 12.4 Å². The van der Waals surface area contributed by atoms with E-state index in [0.29, 0.717) is 28.6 Å². The summed E-state index contributed by atoms with van der Waals surface area (Å²) in [5, 5.41) is 17.8. The molecule has 2 aromatic rings. The van der Waals surface area contributed by atoms with Crippen LogP contribution in [-0.2, 0) is 19.2 Å². The third-order valence-electron chi connectivity index (χ3n) is 11.3. The van der Waals surface area contributed by atoms with Gasteiger partial charge in [0.1, 0.15) is 17.6 Å². The second-order valence-electron chi connectivity index (χ2n) is 15.7. The minimum atomic E-state index is -0.969. The molecule has 3 saturated heterocycles. The molecule has 6 amide bonds. The van der Waals surface area contributed by atoms with E-state index in [2.05, 4.69) is 44.6 Å². The zero-order valence-electron chi connectivity index (χ0n) is 32.3. The van der Waals surface area contributed by atoms with E-state index in [-0.39, 0.29) is 83.9 Å². The van der Waals surface area contributed by atoms with Crippen LogP contribution in [0.2, 0.25) is 5.02 Å². The van der Waals surface area contributed by atoms with Gasteiger partial charge in [0.05, 0.1) is 11.6 Å². The van der Waals surface area contributed by atoms with Crippen molar-refractivity contribution in [1.82, 2.24) is 29.3 Å². The minimum absolute atomic E-state index is 0. The number of carbonyl (C=O) groups excluding carboxylic acids is 5. The summed E-state index contributed by atoms with van der Waals surface area (Å²) in [5.41, 5.74) is 0.468. The highest BCUT2D eigenvalue weighted by Gasteiger charge is 2.54. The van der Waals surface area contributed by atoms with Crippen LogP contribution in [0.3, 0.4) is 0 Å². The van der Waals surface area contributed by atoms with Crippen LogP contribution in [0.4, 0.5) is 16.2 Å². The van der Waals surface area contributed by atoms with Crippen LogP contribution in [-0.4, -0.2) is 110 Å². The lowest BCUT2D eigenvalue weighted by Crippen LogP contribution is -2.58. The standard InChI is InChI=1S/C39H50ClN9O5S.ClH/c1-24-21-46(22-25(2)47(24)23-35(51)44-28-9-5-8-27(17-28)43-32-14-15-34(50)45-36(32)52)16-6-7-26-10-12-29(13-11-26)48-38(54)49(37(53)39(48,3)4)55-30-18-31(40)33(19-41)42-20-30;/h5,8-9,17-18,20,24-26,29,32,43H,6-7,10-16,21-23H2,1-4H3,(H,44,51)(H,45,50,52);1H/t24-,25+,26?,29?,32?;. The van der Waals surface area contributed by atoms with E-state index in [9.17, 15) is 24.0 Å². The minimum Gasteiger partial charge on any atom is -0.374 e. The third-order valence-corrected chi connectivity index (χ3v) is 12.5. The van der Waals surface area contributed by atoms with Crippen molar-refractivity contribution in [1.29, 1.82) is 5.26 Å². The molecule has 3 N–H and O–H groups in total. The number of nitrogens with one attached hydrogen (secondary N) is 3. The average Bonchev–Trinajstić information content (AvgIpc) is 3.30. The lowest BCUT2D eigenvalue weighted by Gasteiger charge is -2.44. The number of benzene rings is 1. The van der Waals surface area contributed by atoms with Crippen LogP contribution >= 0.6 is 36.0 Å². The fourth-order valence-corrected chi connectivity index (χ4v) is 9.69. The maximum atomic E-state index is 13.6. The zero-order valence-corrected chi connectivity index (χ0v) is 34.6. The van der Waals surface area contributed by atoms with E-state index in [1.807, 2.05) is 38.1 Å². The predicted octanol–water partition coefficient (Wildman–Crippen LogP) is 5.67. The maximum Gasteiger partial charge on any atom is 0.338 e. The Labute approximate surface area is 344 Å². The number of urea groups is 1. The van der Waals surface area contributed by atoms with Gasteiger partial charge in [-0.3, -0.25) is 29.4 Å². The molecule has 1 unspecified atom stereocenters. The van der Waals surface area contributed by atoms with Crippen LogP contribution in [0, 0.1) is 17.2 Å². The van der Waals surface area contributed by atoms with E-state index in [1.54, 1.807) is 17.0 Å². The summed E-state index contributed by atoms with van der Waals surface area (Å²) in [6.45, 7) is 11.0. The Hall–Kier alpha value is -3.94. The number of rotatable bonds is 12. The van der Waals surface area contributed by atoms with Gasteiger partial charge in [-0.25, -0.2) is 9.78 Å². The molecule has 302 valence electrons. The molecule has 0 radical (unpaired) electrons. The summed E-state index contributed by atoms with van der Waals surface area (Å²) in [6.07, 6.45) is 8.07. The summed E-state index contributed by atoms with van der Waals surface area (Å²) in [7, 11) is 0. The topological polar surface area (TPSA) is 171 Å². The molecule has 4 heterocycles. The summed E-state index contributed by atoms with van der Waals surface area (Å²) in [4.78, 5) is 74.9. The number of imide groups is 2. The van der Waals surface area contributed by atoms with Crippen molar-refractivity contribution in [2.75, 3.05) is 36.8 Å². The molecule has 1 aromatic heterocycles. The number of halogens is 2. The van der Waals surface area contributed by atoms with Crippen LogP contribution in [0.25, 0.3) is 0 Å². The molecule has 4 aliphatic rings. The van der Waals surface area contributed by atoms with Gasteiger partial charge >= 0.3 is 6.03 Å². The fraction of sp³-hybridized carbons (Fsp3) is 0.564. The first-order valence-corrected chi connectivity index (χ1v) is 20.3. The van der Waals surface area contributed by atoms with Crippen molar-refractivity contribution in [3.05, 3.63) is 47.2 Å². The third kappa shape index (κ3) is 9.95. The molecule has 17 heteroatoms. The Kier molecular flexibility index (Phi) is 14.3. The Bertz CT molecular complexity index is 1840. The lowest BCUT2D eigenvalue weighted by molar-refractivity contribution is -0.133. The van der Waals surface area contributed by atoms with E-state index in [0.717, 1.165) is 70.1 Å². The van der Waals surface area contributed by atoms with Crippen molar-refractivity contribution in [2.24, 2.45) is 5.92 Å². The highest BCUT2D eigenvalue weighted by molar-refractivity contribution is 7.98. The van der Waals surface area contributed by atoms with Gasteiger partial charge in [-0.1, -0.05) is 17.7 Å². The molecule has 0 spiro atoms. The van der Waals surface area contributed by atoms with Gasteiger partial charge in [-0.2, -0.15) is 9.57 Å². The number of pyridine rings is 1. The number of carbonyl (C=O) groups is 5.